The summed E-state index contributed by atoms with van der Waals surface area (Å²) in [5.41, 5.74) is 1.45. The second-order valence-electron chi connectivity index (χ2n) is 9.37. The van der Waals surface area contributed by atoms with E-state index >= 15 is 0 Å². The zero-order chi connectivity index (χ0) is 25.9. The molecule has 1 fully saturated rings. The monoisotopic (exact) mass is 506 g/mol. The Morgan fingerprint density at radius 3 is 2.62 bits per heavy atom. The average Bonchev–Trinajstić information content (AvgIpc) is 3.56. The molecule has 0 aliphatic heterocycles. The molecule has 0 unspecified atom stereocenters. The van der Waals surface area contributed by atoms with Gasteiger partial charge < -0.3 is 15.2 Å². The van der Waals surface area contributed by atoms with Crippen LogP contribution >= 0.6 is 0 Å². The Bertz CT molecular complexity index is 1440. The maximum Gasteiger partial charge on any atom is 0.270 e. The first kappa shape index (κ1) is 24.5. The second-order valence-corrected chi connectivity index (χ2v) is 9.37. The molecule has 5 rings (SSSR count). The first-order chi connectivity index (χ1) is 17.9. The van der Waals surface area contributed by atoms with Crippen LogP contribution in [-0.2, 0) is 6.54 Å². The molecule has 1 saturated carbocycles. The number of halogens is 1. The molecule has 2 amide bonds. The molecule has 192 valence electrons. The Labute approximate surface area is 211 Å². The second kappa shape index (κ2) is 10.4. The number of nitrogens with zero attached hydrogens (tertiary/aromatic N) is 6. The molecule has 12 heteroatoms. The Morgan fingerprint density at radius 1 is 1.08 bits per heavy atom. The van der Waals surface area contributed by atoms with Gasteiger partial charge in [-0.15, -0.1) is 0 Å². The van der Waals surface area contributed by atoms with Crippen LogP contribution in [0.1, 0.15) is 75.4 Å². The summed E-state index contributed by atoms with van der Waals surface area (Å²) in [4.78, 5) is 38.5. The van der Waals surface area contributed by atoms with Crippen molar-refractivity contribution in [3.8, 4) is 0 Å². The van der Waals surface area contributed by atoms with Crippen molar-refractivity contribution < 1.29 is 18.5 Å². The maximum absolute atomic E-state index is 13.5. The third-order valence-corrected chi connectivity index (χ3v) is 6.68. The molecule has 0 atom stereocenters. The normalized spacial score (nSPS) is 17.6. The highest BCUT2D eigenvalue weighted by molar-refractivity contribution is 5.98. The predicted molar refractivity (Wildman–Crippen MR) is 129 cm³/mol. The molecule has 4 aromatic rings. The van der Waals surface area contributed by atoms with Crippen molar-refractivity contribution in [3.05, 3.63) is 70.6 Å². The highest BCUT2D eigenvalue weighted by Gasteiger charge is 2.27. The van der Waals surface area contributed by atoms with Crippen LogP contribution < -0.4 is 10.6 Å². The smallest absolute Gasteiger partial charge is 0.270 e. The molecular formula is C25H27FN8O3. The fourth-order valence-electron chi connectivity index (χ4n) is 4.60. The summed E-state index contributed by atoms with van der Waals surface area (Å²) in [7, 11) is 0. The number of hydrogen-bond acceptors (Lipinski definition) is 8. The number of nitrogens with one attached hydrogen (secondary N) is 2. The molecule has 1 aliphatic rings. The van der Waals surface area contributed by atoms with Crippen molar-refractivity contribution in [1.29, 1.82) is 0 Å². The number of carbonyl (C=O) groups is 2. The lowest BCUT2D eigenvalue weighted by molar-refractivity contribution is 0.0934. The fourth-order valence-corrected chi connectivity index (χ4v) is 4.60. The van der Waals surface area contributed by atoms with Gasteiger partial charge in [0.2, 0.25) is 5.89 Å². The van der Waals surface area contributed by atoms with Gasteiger partial charge in [-0.05, 0) is 62.6 Å². The summed E-state index contributed by atoms with van der Waals surface area (Å²) < 4.78 is 20.1. The van der Waals surface area contributed by atoms with Crippen LogP contribution in [0.15, 0.2) is 35.1 Å². The highest BCUT2D eigenvalue weighted by atomic mass is 19.1. The molecule has 0 saturated heterocycles. The van der Waals surface area contributed by atoms with Gasteiger partial charge in [-0.3, -0.25) is 9.59 Å². The van der Waals surface area contributed by atoms with E-state index in [0.29, 0.717) is 29.7 Å². The molecule has 2 N–H and O–H groups in total. The van der Waals surface area contributed by atoms with Crippen molar-refractivity contribution in [3.63, 3.8) is 0 Å². The van der Waals surface area contributed by atoms with Gasteiger partial charge in [-0.25, -0.2) is 9.37 Å². The van der Waals surface area contributed by atoms with E-state index < -0.39 is 5.91 Å². The first-order valence-corrected chi connectivity index (χ1v) is 12.2. The Morgan fingerprint density at radius 2 is 1.89 bits per heavy atom. The minimum atomic E-state index is -0.476. The van der Waals surface area contributed by atoms with Gasteiger partial charge in [0.1, 0.15) is 23.5 Å². The zero-order valence-electron chi connectivity index (χ0n) is 20.6. The summed E-state index contributed by atoms with van der Waals surface area (Å²) >= 11 is 0. The van der Waals surface area contributed by atoms with Crippen molar-refractivity contribution in [2.24, 2.45) is 5.92 Å². The molecule has 0 spiro atoms. The van der Waals surface area contributed by atoms with Gasteiger partial charge in [0.25, 0.3) is 17.6 Å². The predicted octanol–water partition coefficient (Wildman–Crippen LogP) is 2.90. The largest absolute Gasteiger partial charge is 0.350 e. The highest BCUT2D eigenvalue weighted by Crippen LogP contribution is 2.34. The Balaban J connectivity index is 1.21. The zero-order valence-corrected chi connectivity index (χ0v) is 20.6. The summed E-state index contributed by atoms with van der Waals surface area (Å²) in [5.74, 6) is 0.894. The average molecular weight is 507 g/mol. The first-order valence-electron chi connectivity index (χ1n) is 12.2. The third-order valence-electron chi connectivity index (χ3n) is 6.68. The summed E-state index contributed by atoms with van der Waals surface area (Å²) in [6, 6.07) is 6.03. The van der Waals surface area contributed by atoms with Crippen LogP contribution in [0.2, 0.25) is 0 Å². The van der Waals surface area contributed by atoms with Crippen molar-refractivity contribution >= 4 is 17.6 Å². The molecule has 3 aromatic heterocycles. The lowest BCUT2D eigenvalue weighted by Gasteiger charge is -2.26. The molecular weight excluding hydrogens is 479 g/mol. The van der Waals surface area contributed by atoms with Gasteiger partial charge in [-0.2, -0.15) is 19.6 Å². The number of amides is 2. The number of fused-ring (bicyclic) bond motifs is 1. The topological polar surface area (TPSA) is 140 Å². The summed E-state index contributed by atoms with van der Waals surface area (Å²) in [6.45, 7) is 4.15. The van der Waals surface area contributed by atoms with Crippen LogP contribution in [0.4, 0.5) is 4.39 Å². The molecule has 37 heavy (non-hydrogen) atoms. The van der Waals surface area contributed by atoms with Gasteiger partial charge in [-0.1, -0.05) is 17.3 Å². The van der Waals surface area contributed by atoms with Crippen LogP contribution in [-0.4, -0.2) is 48.1 Å². The summed E-state index contributed by atoms with van der Waals surface area (Å²) in [6.07, 6.45) is 4.98. The van der Waals surface area contributed by atoms with Crippen molar-refractivity contribution in [2.45, 2.75) is 52.0 Å². The number of rotatable bonds is 7. The van der Waals surface area contributed by atoms with E-state index in [4.69, 9.17) is 4.52 Å². The fraction of sp³-hybridized carbons (Fsp3) is 0.400. The number of hydrogen-bond donors (Lipinski definition) is 2. The van der Waals surface area contributed by atoms with Gasteiger partial charge in [0.05, 0.1) is 0 Å². The van der Waals surface area contributed by atoms with Crippen molar-refractivity contribution in [2.75, 3.05) is 6.54 Å². The number of benzene rings is 1. The van der Waals surface area contributed by atoms with E-state index in [2.05, 4.69) is 35.8 Å². The Kier molecular flexibility index (Phi) is 6.89. The van der Waals surface area contributed by atoms with Gasteiger partial charge in [0, 0.05) is 25.1 Å². The molecule has 3 heterocycles. The SMILES string of the molecule is Cc1noc(C2CCC(CNC(=O)c3cc(C(=O)NCc4ccc(F)c(C)c4)nc4ncnn34)CC2)n1. The van der Waals surface area contributed by atoms with Gasteiger partial charge in [0.15, 0.2) is 5.82 Å². The number of carbonyl (C=O) groups excluding carboxylic acids is 2. The molecule has 11 nitrogen and oxygen atoms in total. The van der Waals surface area contributed by atoms with Crippen molar-refractivity contribution in [1.82, 2.24) is 40.4 Å². The minimum absolute atomic E-state index is 0.0415. The van der Waals surface area contributed by atoms with E-state index in [1.54, 1.807) is 26.0 Å². The molecule has 1 aliphatic carbocycles. The number of aryl methyl sites for hydroxylation is 2. The number of aromatic nitrogens is 6. The van der Waals surface area contributed by atoms with E-state index in [-0.39, 0.29) is 41.4 Å². The van der Waals surface area contributed by atoms with Crippen LogP contribution in [0.3, 0.4) is 0 Å². The lowest BCUT2D eigenvalue weighted by Crippen LogP contribution is -2.33. The van der Waals surface area contributed by atoms with Gasteiger partial charge >= 0.3 is 0 Å². The van der Waals surface area contributed by atoms with Crippen LogP contribution in [0.5, 0.6) is 0 Å². The molecule has 1 aromatic carbocycles. The Hall–Kier alpha value is -4.22. The minimum Gasteiger partial charge on any atom is -0.350 e. The lowest BCUT2D eigenvalue weighted by atomic mass is 9.82. The van der Waals surface area contributed by atoms with E-state index in [0.717, 1.165) is 31.2 Å². The van der Waals surface area contributed by atoms with E-state index in [1.165, 1.54) is 23.0 Å². The van der Waals surface area contributed by atoms with E-state index in [9.17, 15) is 14.0 Å². The third kappa shape index (κ3) is 5.47. The van der Waals surface area contributed by atoms with Crippen LogP contribution in [0, 0.1) is 25.6 Å². The molecule has 0 radical (unpaired) electrons. The summed E-state index contributed by atoms with van der Waals surface area (Å²) in [5, 5.41) is 13.7. The maximum atomic E-state index is 13.5. The van der Waals surface area contributed by atoms with Crippen LogP contribution in [0.25, 0.3) is 5.78 Å². The quantitative estimate of drug-likeness (QED) is 0.390. The standard InChI is InChI=1S/C25H27FN8O3/c1-14-9-17(5-8-19(14)26)12-27-22(35)20-10-21(34-25(32-20)29-13-30-34)23(36)28-11-16-3-6-18(7-4-16)24-31-15(2)33-37-24/h5,8-10,13,16,18H,3-4,6-7,11-12H2,1-2H3,(H,27,35)(H,28,36). The molecule has 0 bridgehead atoms. The van der Waals surface area contributed by atoms with E-state index in [1.807, 2.05) is 0 Å².